The Bertz CT molecular complexity index is 1390. The monoisotopic (exact) mass is 460 g/mol. The highest BCUT2D eigenvalue weighted by atomic mass is 16.5. The number of hydrogen-bond donors (Lipinski definition) is 1. The number of nitriles is 1. The lowest BCUT2D eigenvalue weighted by atomic mass is 10.1. The van der Waals surface area contributed by atoms with Gasteiger partial charge in [-0.15, -0.1) is 0 Å². The van der Waals surface area contributed by atoms with E-state index in [1.54, 1.807) is 38.5 Å². The van der Waals surface area contributed by atoms with Gasteiger partial charge >= 0.3 is 5.76 Å². The van der Waals surface area contributed by atoms with Gasteiger partial charge in [0.15, 0.2) is 11.6 Å². The first-order valence-electron chi connectivity index (χ1n) is 10.1. The molecule has 0 saturated heterocycles. The lowest BCUT2D eigenvalue weighted by Gasteiger charge is -2.07. The lowest BCUT2D eigenvalue weighted by Crippen LogP contribution is -2.00. The second-order valence-corrected chi connectivity index (χ2v) is 7.01. The first-order chi connectivity index (χ1) is 16.6. The Labute approximate surface area is 194 Å². The quantitative estimate of drug-likeness (QED) is 0.395. The number of nitrogens with zero attached hydrogens (tertiary/aromatic N) is 3. The number of benzene rings is 2. The predicted octanol–water partition coefficient (Wildman–Crippen LogP) is 3.79. The molecule has 10 heteroatoms. The van der Waals surface area contributed by atoms with Crippen LogP contribution in [0, 0.1) is 11.3 Å². The summed E-state index contributed by atoms with van der Waals surface area (Å²) < 4.78 is 26.6. The average Bonchev–Trinajstić information content (AvgIpc) is 3.47. The number of nitrogens with one attached hydrogen (secondary N) is 1. The maximum absolute atomic E-state index is 11.2. The van der Waals surface area contributed by atoms with Gasteiger partial charge in [-0.2, -0.15) is 5.26 Å². The van der Waals surface area contributed by atoms with E-state index in [-0.39, 0.29) is 24.6 Å². The summed E-state index contributed by atoms with van der Waals surface area (Å²) in [4.78, 5) is 18.1. The Kier molecular flexibility index (Phi) is 6.86. The molecule has 0 aliphatic heterocycles. The van der Waals surface area contributed by atoms with E-state index in [0.717, 1.165) is 11.3 Å². The van der Waals surface area contributed by atoms with Gasteiger partial charge in [0.2, 0.25) is 5.89 Å². The number of ether oxygens (including phenoxy) is 3. The van der Waals surface area contributed by atoms with Gasteiger partial charge in [-0.1, -0.05) is 17.3 Å². The van der Waals surface area contributed by atoms with Gasteiger partial charge in [0.25, 0.3) is 0 Å². The van der Waals surface area contributed by atoms with Gasteiger partial charge in [0, 0.05) is 18.7 Å². The van der Waals surface area contributed by atoms with Crippen molar-refractivity contribution >= 4 is 12.2 Å². The Morgan fingerprint density at radius 1 is 1.09 bits per heavy atom. The molecule has 4 aromatic rings. The van der Waals surface area contributed by atoms with E-state index in [1.165, 1.54) is 0 Å². The van der Waals surface area contributed by atoms with E-state index in [2.05, 4.69) is 25.7 Å². The predicted molar refractivity (Wildman–Crippen MR) is 121 cm³/mol. The van der Waals surface area contributed by atoms with Crippen molar-refractivity contribution in [1.29, 1.82) is 5.26 Å². The summed E-state index contributed by atoms with van der Waals surface area (Å²) in [6.07, 6.45) is 3.63. The zero-order valence-electron chi connectivity index (χ0n) is 18.4. The molecular formula is C24H20N4O6. The molecule has 0 spiro atoms. The number of hydrogen-bond acceptors (Lipinski definition) is 9. The maximum atomic E-state index is 11.2. The van der Waals surface area contributed by atoms with Gasteiger partial charge in [0.05, 0.1) is 19.3 Å². The van der Waals surface area contributed by atoms with Crippen LogP contribution in [0.15, 0.2) is 56.2 Å². The number of oxazole rings is 1. The number of methoxy groups -OCH3 is 2. The highest BCUT2D eigenvalue weighted by Crippen LogP contribution is 2.25. The summed E-state index contributed by atoms with van der Waals surface area (Å²) in [5.74, 6) is 1.58. The second kappa shape index (κ2) is 10.3. The van der Waals surface area contributed by atoms with Crippen molar-refractivity contribution in [3.05, 3.63) is 81.5 Å². The van der Waals surface area contributed by atoms with Crippen molar-refractivity contribution in [2.24, 2.45) is 0 Å². The SMILES string of the molecule is COCc1nc(/C=C/c2ccc(OC)cc2)oc1COc1ccc(-c2noc(=O)[nH]2)c(C#N)c1. The van der Waals surface area contributed by atoms with Gasteiger partial charge < -0.3 is 18.6 Å². The molecule has 34 heavy (non-hydrogen) atoms. The summed E-state index contributed by atoms with van der Waals surface area (Å²) in [5.41, 5.74) is 2.25. The molecule has 4 rings (SSSR count). The molecular weight excluding hydrogens is 440 g/mol. The van der Waals surface area contributed by atoms with E-state index in [1.807, 2.05) is 30.3 Å². The third-order valence-corrected chi connectivity index (χ3v) is 4.79. The molecule has 0 radical (unpaired) electrons. The van der Waals surface area contributed by atoms with E-state index in [0.29, 0.717) is 28.7 Å². The van der Waals surface area contributed by atoms with Crippen LogP contribution in [0.1, 0.15) is 28.5 Å². The van der Waals surface area contributed by atoms with Gasteiger partial charge in [-0.25, -0.2) is 9.78 Å². The van der Waals surface area contributed by atoms with Crippen LogP contribution < -0.4 is 15.2 Å². The van der Waals surface area contributed by atoms with E-state index < -0.39 is 5.76 Å². The summed E-state index contributed by atoms with van der Waals surface area (Å²) in [5, 5.41) is 13.1. The van der Waals surface area contributed by atoms with Crippen LogP contribution in [-0.4, -0.2) is 29.3 Å². The highest BCUT2D eigenvalue weighted by Gasteiger charge is 2.15. The fraction of sp³-hybridized carbons (Fsp3) is 0.167. The molecule has 0 atom stereocenters. The molecule has 0 saturated carbocycles. The highest BCUT2D eigenvalue weighted by molar-refractivity contribution is 5.67. The van der Waals surface area contributed by atoms with Gasteiger partial charge in [-0.05, 0) is 42.0 Å². The number of aromatic amines is 1. The molecule has 0 aliphatic rings. The molecule has 0 bridgehead atoms. The summed E-state index contributed by atoms with van der Waals surface area (Å²) in [7, 11) is 3.19. The molecule has 0 aliphatic carbocycles. The van der Waals surface area contributed by atoms with Crippen LogP contribution in [0.3, 0.4) is 0 Å². The number of rotatable bonds is 9. The van der Waals surface area contributed by atoms with Crippen molar-refractivity contribution in [3.63, 3.8) is 0 Å². The maximum Gasteiger partial charge on any atom is 0.439 e. The molecule has 0 unspecified atom stereocenters. The van der Waals surface area contributed by atoms with Crippen molar-refractivity contribution in [3.8, 4) is 29.0 Å². The molecule has 1 N–H and O–H groups in total. The topological polar surface area (TPSA) is 136 Å². The lowest BCUT2D eigenvalue weighted by molar-refractivity contribution is 0.176. The average molecular weight is 460 g/mol. The van der Waals surface area contributed by atoms with E-state index in [9.17, 15) is 10.1 Å². The smallest absolute Gasteiger partial charge is 0.439 e. The minimum atomic E-state index is -0.702. The molecule has 2 aromatic carbocycles. The van der Waals surface area contributed by atoms with Gasteiger partial charge in [-0.3, -0.25) is 9.51 Å². The van der Waals surface area contributed by atoms with E-state index >= 15 is 0 Å². The van der Waals surface area contributed by atoms with Crippen LogP contribution in [0.4, 0.5) is 0 Å². The minimum Gasteiger partial charge on any atom is -0.497 e. The van der Waals surface area contributed by atoms with Crippen molar-refractivity contribution < 1.29 is 23.2 Å². The third kappa shape index (κ3) is 5.23. The third-order valence-electron chi connectivity index (χ3n) is 4.79. The number of H-pyrrole nitrogens is 1. The first kappa shape index (κ1) is 22.6. The first-order valence-corrected chi connectivity index (χ1v) is 10.1. The zero-order valence-corrected chi connectivity index (χ0v) is 18.4. The van der Waals surface area contributed by atoms with Crippen LogP contribution >= 0.6 is 0 Å². The molecule has 2 aromatic heterocycles. The van der Waals surface area contributed by atoms with Crippen LogP contribution in [0.25, 0.3) is 23.5 Å². The summed E-state index contributed by atoms with van der Waals surface area (Å²) in [6, 6.07) is 14.4. The minimum absolute atomic E-state index is 0.0765. The Morgan fingerprint density at radius 2 is 1.88 bits per heavy atom. The van der Waals surface area contributed by atoms with Crippen molar-refractivity contribution in [1.82, 2.24) is 15.1 Å². The van der Waals surface area contributed by atoms with Crippen molar-refractivity contribution in [2.75, 3.05) is 14.2 Å². The Morgan fingerprint density at radius 3 is 2.56 bits per heavy atom. The summed E-state index contributed by atoms with van der Waals surface area (Å²) >= 11 is 0. The molecule has 172 valence electrons. The second-order valence-electron chi connectivity index (χ2n) is 7.01. The zero-order chi connectivity index (χ0) is 23.9. The van der Waals surface area contributed by atoms with Crippen LogP contribution in [0.2, 0.25) is 0 Å². The van der Waals surface area contributed by atoms with Gasteiger partial charge in [0.1, 0.15) is 29.9 Å². The Balaban J connectivity index is 1.49. The fourth-order valence-corrected chi connectivity index (χ4v) is 3.13. The molecule has 0 fully saturated rings. The standard InChI is InChI=1S/C24H20N4O6/c1-30-13-20-21(33-22(26-20)10-5-15-3-6-17(31-2)7-4-15)14-32-18-8-9-19(16(11-18)12-25)23-27-24(29)34-28-23/h3-11H,13-14H2,1-2H3,(H,27,28,29)/b10-5+. The normalized spacial score (nSPS) is 11.0. The van der Waals surface area contributed by atoms with E-state index in [4.69, 9.17) is 18.6 Å². The fourth-order valence-electron chi connectivity index (χ4n) is 3.13. The van der Waals surface area contributed by atoms with Crippen LogP contribution in [-0.2, 0) is 18.0 Å². The Hall–Kier alpha value is -4.62. The molecule has 10 nitrogen and oxygen atoms in total. The summed E-state index contributed by atoms with van der Waals surface area (Å²) in [6.45, 7) is 0.327. The van der Waals surface area contributed by atoms with Crippen LogP contribution in [0.5, 0.6) is 11.5 Å². The van der Waals surface area contributed by atoms with Crippen molar-refractivity contribution in [2.45, 2.75) is 13.2 Å². The molecule has 2 heterocycles. The molecule has 0 amide bonds. The largest absolute Gasteiger partial charge is 0.497 e. The number of aromatic nitrogens is 3.